The monoisotopic (exact) mass is 284 g/mol. The average molecular weight is 285 g/mol. The molecule has 2 aliphatic carbocycles. The molecule has 0 aromatic rings. The van der Waals surface area contributed by atoms with E-state index in [1.165, 1.54) is 0 Å². The van der Waals surface area contributed by atoms with Crippen LogP contribution in [0, 0.1) is 16.7 Å². The van der Waals surface area contributed by atoms with Gasteiger partial charge >= 0.3 is 5.97 Å². The van der Waals surface area contributed by atoms with E-state index >= 15 is 0 Å². The smallest absolute Gasteiger partial charge is 0.310 e. The largest absolute Gasteiger partial charge is 0.458 e. The number of ether oxygens (including phenoxy) is 1. The fourth-order valence-electron chi connectivity index (χ4n) is 4.56. The second-order valence-electron chi connectivity index (χ2n) is 7.42. The highest BCUT2D eigenvalue weighted by Crippen LogP contribution is 2.64. The molecule has 0 radical (unpaired) electrons. The minimum Gasteiger partial charge on any atom is -0.458 e. The van der Waals surface area contributed by atoms with E-state index in [-0.39, 0.29) is 33.9 Å². The van der Waals surface area contributed by atoms with E-state index in [0.29, 0.717) is 12.8 Å². The predicted octanol–water partition coefficient (Wildman–Crippen LogP) is 3.08. The van der Waals surface area contributed by atoms with Crippen LogP contribution in [-0.2, 0) is 14.3 Å². The molecule has 1 spiro atoms. The van der Waals surface area contributed by atoms with Gasteiger partial charge in [0.2, 0.25) is 0 Å². The van der Waals surface area contributed by atoms with Gasteiger partial charge in [-0.3, -0.25) is 9.59 Å². The third-order valence-corrected chi connectivity index (χ3v) is 6.59. The highest BCUT2D eigenvalue weighted by Gasteiger charge is 2.65. The first-order chi connectivity index (χ1) is 8.70. The molecule has 4 fully saturated rings. The lowest BCUT2D eigenvalue weighted by Gasteiger charge is -2.55. The molecule has 3 nitrogen and oxygen atoms in total. The van der Waals surface area contributed by atoms with Crippen molar-refractivity contribution in [2.75, 3.05) is 0 Å². The maximum atomic E-state index is 12.5. The summed E-state index contributed by atoms with van der Waals surface area (Å²) in [4.78, 5) is 24.4. The number of fused-ring (bicyclic) bond motifs is 3. The first-order valence-corrected chi connectivity index (χ1v) is 7.52. The number of Topliss-reactive ketones (excluding diaryl/α,β-unsaturated/α-hetero) is 1. The van der Waals surface area contributed by atoms with Gasteiger partial charge in [-0.2, -0.15) is 0 Å². The zero-order valence-corrected chi connectivity index (χ0v) is 12.5. The number of alkyl halides is 1. The molecule has 4 atom stereocenters. The number of halogens is 1. The van der Waals surface area contributed by atoms with Crippen molar-refractivity contribution in [1.29, 1.82) is 0 Å². The Hall–Kier alpha value is -0.570. The molecule has 4 heteroatoms. The number of carbonyl (C=O) groups is 2. The summed E-state index contributed by atoms with van der Waals surface area (Å²) >= 11 is 6.54. The summed E-state index contributed by atoms with van der Waals surface area (Å²) in [6.07, 6.45) is 3.41. The van der Waals surface area contributed by atoms with E-state index in [9.17, 15) is 9.59 Å². The molecule has 0 N–H and O–H groups in total. The second kappa shape index (κ2) is 3.75. The Morgan fingerprint density at radius 3 is 2.53 bits per heavy atom. The first-order valence-electron chi connectivity index (χ1n) is 7.09. The summed E-state index contributed by atoms with van der Waals surface area (Å²) in [6, 6.07) is 0. The van der Waals surface area contributed by atoms with Crippen LogP contribution in [0.3, 0.4) is 0 Å². The molecule has 4 unspecified atom stereocenters. The molecule has 4 aliphatic rings. The minimum absolute atomic E-state index is 0.150. The molecule has 0 aromatic heterocycles. The lowest BCUT2D eigenvalue weighted by atomic mass is 9.47. The molecular weight excluding hydrogens is 264 g/mol. The Morgan fingerprint density at radius 2 is 1.89 bits per heavy atom. The van der Waals surface area contributed by atoms with Crippen molar-refractivity contribution in [1.82, 2.24) is 0 Å². The topological polar surface area (TPSA) is 43.4 Å². The second-order valence-corrected chi connectivity index (χ2v) is 7.94. The Morgan fingerprint density at radius 1 is 1.21 bits per heavy atom. The van der Waals surface area contributed by atoms with Gasteiger partial charge in [-0.1, -0.05) is 13.8 Å². The maximum absolute atomic E-state index is 12.5. The summed E-state index contributed by atoms with van der Waals surface area (Å²) in [7, 11) is 0. The van der Waals surface area contributed by atoms with Crippen LogP contribution in [0.5, 0.6) is 0 Å². The zero-order valence-electron chi connectivity index (χ0n) is 11.8. The van der Waals surface area contributed by atoms with Gasteiger partial charge in [-0.25, -0.2) is 0 Å². The van der Waals surface area contributed by atoms with Crippen LogP contribution in [0.4, 0.5) is 0 Å². The van der Waals surface area contributed by atoms with E-state index < -0.39 is 5.60 Å². The normalized spacial score (nSPS) is 48.4. The number of hydrogen-bond donors (Lipinski definition) is 0. The molecule has 2 bridgehead atoms. The van der Waals surface area contributed by atoms with Crippen LogP contribution in [0.25, 0.3) is 0 Å². The molecule has 19 heavy (non-hydrogen) atoms. The molecule has 0 aromatic carbocycles. The number of rotatable bonds is 0. The Balaban J connectivity index is 2.13. The molecule has 2 heterocycles. The summed E-state index contributed by atoms with van der Waals surface area (Å²) in [5.41, 5.74) is -0.897. The summed E-state index contributed by atoms with van der Waals surface area (Å²) < 4.78 is 5.68. The van der Waals surface area contributed by atoms with Gasteiger partial charge in [0.05, 0.1) is 11.3 Å². The van der Waals surface area contributed by atoms with Gasteiger partial charge < -0.3 is 4.74 Å². The van der Waals surface area contributed by atoms with Gasteiger partial charge in [-0.05, 0) is 37.0 Å². The summed E-state index contributed by atoms with van der Waals surface area (Å²) in [5.74, 6) is -0.321. The highest BCUT2D eigenvalue weighted by molar-refractivity contribution is 6.21. The third kappa shape index (κ3) is 1.63. The van der Waals surface area contributed by atoms with Crippen molar-refractivity contribution in [2.45, 2.75) is 63.9 Å². The summed E-state index contributed by atoms with van der Waals surface area (Å²) in [5, 5.41) is -0.150. The molecule has 0 amide bonds. The Kier molecular flexibility index (Phi) is 2.65. The van der Waals surface area contributed by atoms with Crippen molar-refractivity contribution in [2.24, 2.45) is 16.7 Å². The third-order valence-electron chi connectivity index (χ3n) is 5.98. The van der Waals surface area contributed by atoms with Crippen molar-refractivity contribution < 1.29 is 14.3 Å². The van der Waals surface area contributed by atoms with Crippen molar-refractivity contribution in [3.05, 3.63) is 0 Å². The number of esters is 1. The van der Waals surface area contributed by atoms with Crippen LogP contribution < -0.4 is 0 Å². The van der Waals surface area contributed by atoms with Gasteiger partial charge in [-0.15, -0.1) is 11.6 Å². The molecule has 2 saturated heterocycles. The first kappa shape index (κ1) is 13.4. The fraction of sp³-hybridized carbons (Fsp3) is 0.867. The van der Waals surface area contributed by atoms with Crippen LogP contribution in [0.2, 0.25) is 0 Å². The lowest BCUT2D eigenvalue weighted by Crippen LogP contribution is -2.54. The van der Waals surface area contributed by atoms with Gasteiger partial charge in [0.25, 0.3) is 0 Å². The number of hydrogen-bond acceptors (Lipinski definition) is 3. The molecule has 106 valence electrons. The predicted molar refractivity (Wildman–Crippen MR) is 71.9 cm³/mol. The van der Waals surface area contributed by atoms with Gasteiger partial charge in [0.1, 0.15) is 11.4 Å². The van der Waals surface area contributed by atoms with E-state index in [1.807, 2.05) is 6.92 Å². The van der Waals surface area contributed by atoms with Crippen LogP contribution in [0.1, 0.15) is 52.9 Å². The average Bonchev–Trinajstić information content (AvgIpc) is 2.42. The number of carbonyl (C=O) groups excluding carboxylic acids is 2. The van der Waals surface area contributed by atoms with E-state index in [0.717, 1.165) is 19.3 Å². The summed E-state index contributed by atoms with van der Waals surface area (Å²) in [6.45, 7) is 6.16. The SMILES string of the molecule is CC12CCC3(CC1Cl)C(CC(=O)CC3(C)C)C(=O)O2. The molecule has 2 aliphatic heterocycles. The van der Waals surface area contributed by atoms with Crippen molar-refractivity contribution in [3.8, 4) is 0 Å². The molecule has 2 saturated carbocycles. The minimum atomic E-state index is -0.555. The molecular formula is C15H21ClO3. The lowest BCUT2D eigenvalue weighted by molar-refractivity contribution is -0.165. The Labute approximate surface area is 119 Å². The highest BCUT2D eigenvalue weighted by atomic mass is 35.5. The van der Waals surface area contributed by atoms with Crippen molar-refractivity contribution in [3.63, 3.8) is 0 Å². The van der Waals surface area contributed by atoms with E-state index in [1.54, 1.807) is 0 Å². The standard InChI is InChI=1S/C15H21ClO3/c1-13(2)7-9(17)6-10-12(18)19-14(3)4-5-15(10,13)8-11(14)16/h10-11H,4-8H2,1-3H3. The van der Waals surface area contributed by atoms with Gasteiger partial charge in [0.15, 0.2) is 0 Å². The fourth-order valence-corrected chi connectivity index (χ4v) is 4.99. The number of ketones is 1. The van der Waals surface area contributed by atoms with Crippen molar-refractivity contribution >= 4 is 23.4 Å². The van der Waals surface area contributed by atoms with Gasteiger partial charge in [0, 0.05) is 12.8 Å². The van der Waals surface area contributed by atoms with Crippen LogP contribution in [-0.4, -0.2) is 22.7 Å². The van der Waals surface area contributed by atoms with E-state index in [4.69, 9.17) is 16.3 Å². The van der Waals surface area contributed by atoms with Crippen LogP contribution >= 0.6 is 11.6 Å². The zero-order chi connectivity index (χ0) is 14.1. The maximum Gasteiger partial charge on any atom is 0.310 e. The Bertz CT molecular complexity index is 458. The van der Waals surface area contributed by atoms with E-state index in [2.05, 4.69) is 13.8 Å². The molecule has 4 rings (SSSR count). The van der Waals surface area contributed by atoms with Crippen LogP contribution in [0.15, 0.2) is 0 Å². The quantitative estimate of drug-likeness (QED) is 0.507.